The van der Waals surface area contributed by atoms with Gasteiger partial charge in [0.15, 0.2) is 5.69 Å². The van der Waals surface area contributed by atoms with Crippen LogP contribution in [0.4, 0.5) is 5.82 Å². The Morgan fingerprint density at radius 1 is 1.05 bits per heavy atom. The molecule has 0 aliphatic heterocycles. The van der Waals surface area contributed by atoms with Crippen LogP contribution < -0.4 is 10.1 Å². The molecule has 2 rings (SSSR count). The molecule has 0 atom stereocenters. The van der Waals surface area contributed by atoms with Crippen molar-refractivity contribution in [2.75, 3.05) is 19.0 Å². The van der Waals surface area contributed by atoms with Gasteiger partial charge in [0.1, 0.15) is 17.8 Å². The third-order valence-electron chi connectivity index (χ3n) is 2.87. The zero-order chi connectivity index (χ0) is 14.4. The second-order valence-corrected chi connectivity index (χ2v) is 4.24. The van der Waals surface area contributed by atoms with Crippen molar-refractivity contribution in [1.82, 2.24) is 19.9 Å². The summed E-state index contributed by atoms with van der Waals surface area (Å²) in [5.74, 6) is 1.33. The summed E-state index contributed by atoms with van der Waals surface area (Å²) in [6.45, 7) is 4.98. The van der Waals surface area contributed by atoms with Gasteiger partial charge in [-0.25, -0.2) is 19.9 Å². The molecule has 2 aromatic heterocycles. The van der Waals surface area contributed by atoms with Gasteiger partial charge in [-0.2, -0.15) is 0 Å². The van der Waals surface area contributed by atoms with E-state index >= 15 is 0 Å². The van der Waals surface area contributed by atoms with Gasteiger partial charge in [-0.15, -0.1) is 0 Å². The Bertz CT molecular complexity index is 573. The van der Waals surface area contributed by atoms with Crippen molar-refractivity contribution in [2.24, 2.45) is 0 Å². The van der Waals surface area contributed by atoms with Crippen LogP contribution in [0.1, 0.15) is 25.8 Å². The molecule has 0 bridgehead atoms. The van der Waals surface area contributed by atoms with Gasteiger partial charge in [-0.3, -0.25) is 0 Å². The molecule has 6 nitrogen and oxygen atoms in total. The number of ether oxygens (including phenoxy) is 1. The summed E-state index contributed by atoms with van der Waals surface area (Å²) >= 11 is 0. The lowest BCUT2D eigenvalue weighted by molar-refractivity contribution is 0.397. The number of nitrogens with one attached hydrogen (secondary N) is 1. The highest BCUT2D eigenvalue weighted by molar-refractivity contribution is 5.68. The number of nitrogens with zero attached hydrogens (tertiary/aromatic N) is 4. The van der Waals surface area contributed by atoms with Gasteiger partial charge in [0.2, 0.25) is 5.88 Å². The Hall–Kier alpha value is -2.24. The topological polar surface area (TPSA) is 72.8 Å². The van der Waals surface area contributed by atoms with Gasteiger partial charge in [0.25, 0.3) is 0 Å². The molecule has 0 amide bonds. The van der Waals surface area contributed by atoms with Gasteiger partial charge in [0.05, 0.1) is 7.11 Å². The van der Waals surface area contributed by atoms with E-state index in [1.807, 2.05) is 6.92 Å². The predicted molar refractivity (Wildman–Crippen MR) is 77.8 cm³/mol. The van der Waals surface area contributed by atoms with E-state index in [9.17, 15) is 0 Å². The van der Waals surface area contributed by atoms with E-state index in [-0.39, 0.29) is 0 Å². The third kappa shape index (κ3) is 2.84. The van der Waals surface area contributed by atoms with Crippen LogP contribution in [-0.4, -0.2) is 33.6 Å². The van der Waals surface area contributed by atoms with Crippen LogP contribution in [0.2, 0.25) is 0 Å². The first kappa shape index (κ1) is 14.2. The first-order chi connectivity index (χ1) is 9.81. The van der Waals surface area contributed by atoms with E-state index in [2.05, 4.69) is 32.2 Å². The third-order valence-corrected chi connectivity index (χ3v) is 2.87. The maximum absolute atomic E-state index is 5.28. The van der Waals surface area contributed by atoms with Crippen LogP contribution in [0.25, 0.3) is 11.4 Å². The molecule has 0 aliphatic carbocycles. The van der Waals surface area contributed by atoms with Gasteiger partial charge >= 0.3 is 0 Å². The SMILES string of the molecule is CCCc1c(NCC)ncnc1-c1nccnc1OC. The number of anilines is 1. The average Bonchev–Trinajstić information content (AvgIpc) is 2.49. The highest BCUT2D eigenvalue weighted by Gasteiger charge is 2.17. The normalized spacial score (nSPS) is 10.3. The van der Waals surface area contributed by atoms with Crippen molar-refractivity contribution < 1.29 is 4.74 Å². The molecule has 2 heterocycles. The Labute approximate surface area is 118 Å². The standard InChI is InChI=1S/C14H19N5O/c1-4-6-10-11(18-9-19-13(10)15-5-2)12-14(20-3)17-8-7-16-12/h7-9H,4-6H2,1-3H3,(H,15,18,19). The zero-order valence-corrected chi connectivity index (χ0v) is 12.1. The van der Waals surface area contributed by atoms with Gasteiger partial charge in [-0.1, -0.05) is 13.3 Å². The summed E-state index contributed by atoms with van der Waals surface area (Å²) in [6, 6.07) is 0. The molecule has 0 aromatic carbocycles. The molecule has 0 unspecified atom stereocenters. The minimum Gasteiger partial charge on any atom is -0.479 e. The fraction of sp³-hybridized carbons (Fsp3) is 0.429. The number of methoxy groups -OCH3 is 1. The molecule has 0 spiro atoms. The Balaban J connectivity index is 2.57. The average molecular weight is 273 g/mol. The van der Waals surface area contributed by atoms with E-state index in [1.165, 1.54) is 0 Å². The number of hydrogen-bond donors (Lipinski definition) is 1. The minimum absolute atomic E-state index is 0.478. The van der Waals surface area contributed by atoms with E-state index < -0.39 is 0 Å². The molecule has 1 N–H and O–H groups in total. The molecule has 0 aliphatic rings. The lowest BCUT2D eigenvalue weighted by Gasteiger charge is -2.13. The molecular weight excluding hydrogens is 254 g/mol. The van der Waals surface area contributed by atoms with Crippen molar-refractivity contribution >= 4 is 5.82 Å². The van der Waals surface area contributed by atoms with Crippen molar-refractivity contribution in [3.8, 4) is 17.3 Å². The maximum atomic E-state index is 5.28. The van der Waals surface area contributed by atoms with Crippen LogP contribution in [0, 0.1) is 0 Å². The summed E-state index contributed by atoms with van der Waals surface area (Å²) in [5, 5.41) is 3.27. The maximum Gasteiger partial charge on any atom is 0.241 e. The van der Waals surface area contributed by atoms with Crippen molar-refractivity contribution in [2.45, 2.75) is 26.7 Å². The molecular formula is C14H19N5O. The van der Waals surface area contributed by atoms with Gasteiger partial charge in [0, 0.05) is 24.5 Å². The summed E-state index contributed by atoms with van der Waals surface area (Å²) in [7, 11) is 1.58. The number of aromatic nitrogens is 4. The summed E-state index contributed by atoms with van der Waals surface area (Å²) in [6.07, 6.45) is 6.66. The monoisotopic (exact) mass is 273 g/mol. The first-order valence-electron chi connectivity index (χ1n) is 6.74. The van der Waals surface area contributed by atoms with E-state index in [1.54, 1.807) is 25.8 Å². The highest BCUT2D eigenvalue weighted by Crippen LogP contribution is 2.30. The lowest BCUT2D eigenvalue weighted by atomic mass is 10.1. The summed E-state index contributed by atoms with van der Waals surface area (Å²) in [5.41, 5.74) is 2.48. The molecule has 6 heteroatoms. The molecule has 0 saturated heterocycles. The van der Waals surface area contributed by atoms with E-state index in [4.69, 9.17) is 4.74 Å². The molecule has 2 aromatic rings. The van der Waals surface area contributed by atoms with Gasteiger partial charge in [-0.05, 0) is 13.3 Å². The lowest BCUT2D eigenvalue weighted by Crippen LogP contribution is -2.07. The zero-order valence-electron chi connectivity index (χ0n) is 12.1. The van der Waals surface area contributed by atoms with E-state index in [0.29, 0.717) is 11.6 Å². The number of hydrogen-bond acceptors (Lipinski definition) is 6. The second-order valence-electron chi connectivity index (χ2n) is 4.24. The van der Waals surface area contributed by atoms with Gasteiger partial charge < -0.3 is 10.1 Å². The molecule has 106 valence electrons. The predicted octanol–water partition coefficient (Wildman–Crippen LogP) is 2.33. The molecule has 0 saturated carbocycles. The molecule has 20 heavy (non-hydrogen) atoms. The molecule has 0 radical (unpaired) electrons. The Morgan fingerprint density at radius 2 is 1.85 bits per heavy atom. The van der Waals surface area contributed by atoms with E-state index in [0.717, 1.165) is 36.5 Å². The largest absolute Gasteiger partial charge is 0.479 e. The molecule has 0 fully saturated rings. The first-order valence-corrected chi connectivity index (χ1v) is 6.74. The number of rotatable bonds is 6. The van der Waals surface area contributed by atoms with Crippen molar-refractivity contribution in [3.05, 3.63) is 24.3 Å². The van der Waals surface area contributed by atoms with Crippen LogP contribution in [-0.2, 0) is 6.42 Å². The van der Waals surface area contributed by atoms with Crippen LogP contribution in [0.15, 0.2) is 18.7 Å². The van der Waals surface area contributed by atoms with Crippen LogP contribution in [0.5, 0.6) is 5.88 Å². The summed E-state index contributed by atoms with van der Waals surface area (Å²) in [4.78, 5) is 17.2. The Morgan fingerprint density at radius 3 is 2.55 bits per heavy atom. The van der Waals surface area contributed by atoms with Crippen molar-refractivity contribution in [1.29, 1.82) is 0 Å². The fourth-order valence-electron chi connectivity index (χ4n) is 2.06. The Kier molecular flexibility index (Phi) is 4.81. The highest BCUT2D eigenvalue weighted by atomic mass is 16.5. The minimum atomic E-state index is 0.478. The fourth-order valence-corrected chi connectivity index (χ4v) is 2.06. The second kappa shape index (κ2) is 6.79. The summed E-state index contributed by atoms with van der Waals surface area (Å²) < 4.78 is 5.28. The van der Waals surface area contributed by atoms with Crippen molar-refractivity contribution in [3.63, 3.8) is 0 Å². The van der Waals surface area contributed by atoms with Crippen LogP contribution >= 0.6 is 0 Å². The van der Waals surface area contributed by atoms with Crippen LogP contribution in [0.3, 0.4) is 0 Å². The smallest absolute Gasteiger partial charge is 0.241 e. The quantitative estimate of drug-likeness (QED) is 0.870.